The summed E-state index contributed by atoms with van der Waals surface area (Å²) >= 11 is 0. The van der Waals surface area contributed by atoms with E-state index in [9.17, 15) is 4.79 Å². The summed E-state index contributed by atoms with van der Waals surface area (Å²) in [5, 5.41) is 0. The SMILES string of the molecule is Nc1ncc(-c2ccncc2)nc1-c1ccc(C=O)cc1. The summed E-state index contributed by atoms with van der Waals surface area (Å²) in [5.74, 6) is 0.353. The van der Waals surface area contributed by atoms with E-state index in [0.29, 0.717) is 17.1 Å². The van der Waals surface area contributed by atoms with E-state index in [4.69, 9.17) is 5.73 Å². The summed E-state index contributed by atoms with van der Waals surface area (Å²) in [5.41, 5.74) is 9.58. The van der Waals surface area contributed by atoms with Gasteiger partial charge in [0.15, 0.2) is 0 Å². The smallest absolute Gasteiger partial charge is 0.150 e. The fraction of sp³-hybridized carbons (Fsp3) is 0. The van der Waals surface area contributed by atoms with Crippen molar-refractivity contribution >= 4 is 12.1 Å². The number of carbonyl (C=O) groups excluding carboxylic acids is 1. The molecule has 0 saturated heterocycles. The van der Waals surface area contributed by atoms with Crippen molar-refractivity contribution in [1.29, 1.82) is 0 Å². The van der Waals surface area contributed by atoms with Crippen LogP contribution in [-0.2, 0) is 0 Å². The zero-order chi connectivity index (χ0) is 14.7. The van der Waals surface area contributed by atoms with Gasteiger partial charge in [-0.1, -0.05) is 24.3 Å². The minimum absolute atomic E-state index is 0.353. The average Bonchev–Trinajstić information content (AvgIpc) is 2.56. The summed E-state index contributed by atoms with van der Waals surface area (Å²) in [7, 11) is 0. The van der Waals surface area contributed by atoms with Gasteiger partial charge in [0.1, 0.15) is 17.8 Å². The van der Waals surface area contributed by atoms with Gasteiger partial charge in [-0.05, 0) is 12.1 Å². The van der Waals surface area contributed by atoms with E-state index < -0.39 is 0 Å². The highest BCUT2D eigenvalue weighted by Crippen LogP contribution is 2.25. The molecule has 0 atom stereocenters. The molecule has 0 aliphatic rings. The number of pyridine rings is 1. The third-order valence-corrected chi connectivity index (χ3v) is 3.10. The van der Waals surface area contributed by atoms with Crippen molar-refractivity contribution in [1.82, 2.24) is 15.0 Å². The lowest BCUT2D eigenvalue weighted by atomic mass is 10.1. The van der Waals surface area contributed by atoms with Crippen LogP contribution in [0.4, 0.5) is 5.82 Å². The van der Waals surface area contributed by atoms with Gasteiger partial charge in [0.05, 0.1) is 11.9 Å². The maximum atomic E-state index is 10.7. The number of nitrogen functional groups attached to an aromatic ring is 1. The van der Waals surface area contributed by atoms with E-state index in [1.807, 2.05) is 12.1 Å². The van der Waals surface area contributed by atoms with Crippen LogP contribution >= 0.6 is 0 Å². The zero-order valence-corrected chi connectivity index (χ0v) is 11.1. The fourth-order valence-electron chi connectivity index (χ4n) is 1.99. The van der Waals surface area contributed by atoms with Crippen molar-refractivity contribution in [3.8, 4) is 22.5 Å². The maximum Gasteiger partial charge on any atom is 0.150 e. The maximum absolute atomic E-state index is 10.7. The van der Waals surface area contributed by atoms with Crippen LogP contribution in [0.3, 0.4) is 0 Å². The van der Waals surface area contributed by atoms with Crippen LogP contribution in [-0.4, -0.2) is 21.2 Å². The molecule has 0 aliphatic carbocycles. The number of nitrogens with zero attached hydrogens (tertiary/aromatic N) is 3. The Hall–Kier alpha value is -3.08. The van der Waals surface area contributed by atoms with Crippen molar-refractivity contribution in [2.75, 3.05) is 5.73 Å². The van der Waals surface area contributed by atoms with Crippen molar-refractivity contribution in [2.45, 2.75) is 0 Å². The summed E-state index contributed by atoms with van der Waals surface area (Å²) in [6, 6.07) is 10.8. The van der Waals surface area contributed by atoms with Crippen LogP contribution in [0.5, 0.6) is 0 Å². The van der Waals surface area contributed by atoms with E-state index in [0.717, 1.165) is 23.1 Å². The molecule has 1 aromatic carbocycles. The Bertz CT molecular complexity index is 770. The molecule has 0 radical (unpaired) electrons. The molecular weight excluding hydrogens is 264 g/mol. The highest BCUT2D eigenvalue weighted by molar-refractivity contribution is 5.78. The standard InChI is InChI=1S/C16H12N4O/c17-16-15(13-3-1-11(10-21)2-4-13)20-14(9-19-16)12-5-7-18-8-6-12/h1-10H,(H2,17,19). The Balaban J connectivity index is 2.07. The number of hydrogen-bond acceptors (Lipinski definition) is 5. The molecule has 5 nitrogen and oxygen atoms in total. The van der Waals surface area contributed by atoms with Crippen LogP contribution < -0.4 is 5.73 Å². The predicted molar refractivity (Wildman–Crippen MR) is 80.5 cm³/mol. The van der Waals surface area contributed by atoms with Gasteiger partial charge in [-0.3, -0.25) is 9.78 Å². The molecule has 3 rings (SSSR count). The number of nitrogens with two attached hydrogens (primary N) is 1. The molecule has 0 amide bonds. The van der Waals surface area contributed by atoms with E-state index in [1.54, 1.807) is 42.9 Å². The first-order valence-electron chi connectivity index (χ1n) is 6.36. The van der Waals surface area contributed by atoms with Crippen LogP contribution in [0.25, 0.3) is 22.5 Å². The lowest BCUT2D eigenvalue weighted by Crippen LogP contribution is -1.99. The number of rotatable bonds is 3. The quantitative estimate of drug-likeness (QED) is 0.743. The number of carbonyl (C=O) groups is 1. The lowest BCUT2D eigenvalue weighted by molar-refractivity contribution is 0.112. The van der Waals surface area contributed by atoms with Crippen LogP contribution in [0, 0.1) is 0 Å². The highest BCUT2D eigenvalue weighted by atomic mass is 16.1. The first-order valence-corrected chi connectivity index (χ1v) is 6.36. The predicted octanol–water partition coefficient (Wildman–Crippen LogP) is 2.60. The molecule has 0 saturated carbocycles. The monoisotopic (exact) mass is 276 g/mol. The molecule has 0 unspecified atom stereocenters. The van der Waals surface area contributed by atoms with Crippen LogP contribution in [0.2, 0.25) is 0 Å². The molecule has 0 spiro atoms. The summed E-state index contributed by atoms with van der Waals surface area (Å²) < 4.78 is 0. The van der Waals surface area contributed by atoms with E-state index in [1.165, 1.54) is 0 Å². The molecule has 0 aliphatic heterocycles. The Morgan fingerprint density at radius 1 is 0.952 bits per heavy atom. The molecule has 3 aromatic rings. The van der Waals surface area contributed by atoms with Crippen molar-refractivity contribution < 1.29 is 4.79 Å². The number of aldehydes is 1. The molecule has 2 aromatic heterocycles. The van der Waals surface area contributed by atoms with Crippen molar-refractivity contribution in [2.24, 2.45) is 0 Å². The largest absolute Gasteiger partial charge is 0.382 e. The second kappa shape index (κ2) is 5.50. The van der Waals surface area contributed by atoms with Gasteiger partial charge in [-0.2, -0.15) is 0 Å². The van der Waals surface area contributed by atoms with Gasteiger partial charge in [-0.25, -0.2) is 9.97 Å². The third-order valence-electron chi connectivity index (χ3n) is 3.10. The molecule has 2 N–H and O–H groups in total. The van der Waals surface area contributed by atoms with Gasteiger partial charge in [0.25, 0.3) is 0 Å². The number of aromatic nitrogens is 3. The van der Waals surface area contributed by atoms with Gasteiger partial charge in [0.2, 0.25) is 0 Å². The number of hydrogen-bond donors (Lipinski definition) is 1. The van der Waals surface area contributed by atoms with Crippen LogP contribution in [0.15, 0.2) is 55.0 Å². The molecule has 5 heteroatoms. The molecule has 2 heterocycles. The minimum Gasteiger partial charge on any atom is -0.382 e. The molecule has 21 heavy (non-hydrogen) atoms. The van der Waals surface area contributed by atoms with Gasteiger partial charge >= 0.3 is 0 Å². The van der Waals surface area contributed by atoms with E-state index >= 15 is 0 Å². The van der Waals surface area contributed by atoms with E-state index in [-0.39, 0.29) is 0 Å². The lowest BCUT2D eigenvalue weighted by Gasteiger charge is -2.07. The second-order valence-corrected chi connectivity index (χ2v) is 4.46. The normalized spacial score (nSPS) is 10.3. The van der Waals surface area contributed by atoms with Crippen molar-refractivity contribution in [3.63, 3.8) is 0 Å². The van der Waals surface area contributed by atoms with Crippen molar-refractivity contribution in [3.05, 3.63) is 60.6 Å². The molecular formula is C16H12N4O. The zero-order valence-electron chi connectivity index (χ0n) is 11.1. The summed E-state index contributed by atoms with van der Waals surface area (Å²) in [4.78, 5) is 23.4. The first kappa shape index (κ1) is 12.9. The van der Waals surface area contributed by atoms with Crippen LogP contribution in [0.1, 0.15) is 10.4 Å². The Labute approximate surface area is 121 Å². The third kappa shape index (κ3) is 2.62. The molecule has 0 bridgehead atoms. The molecule has 0 fully saturated rings. The van der Waals surface area contributed by atoms with Gasteiger partial charge < -0.3 is 5.73 Å². The van der Waals surface area contributed by atoms with Gasteiger partial charge in [0, 0.05) is 29.1 Å². The summed E-state index contributed by atoms with van der Waals surface area (Å²) in [6.07, 6.45) is 5.83. The van der Waals surface area contributed by atoms with Gasteiger partial charge in [-0.15, -0.1) is 0 Å². The van der Waals surface area contributed by atoms with E-state index in [2.05, 4.69) is 15.0 Å². The molecule has 102 valence electrons. The average molecular weight is 276 g/mol. The summed E-state index contributed by atoms with van der Waals surface area (Å²) in [6.45, 7) is 0. The highest BCUT2D eigenvalue weighted by Gasteiger charge is 2.09. The Morgan fingerprint density at radius 3 is 2.33 bits per heavy atom. The number of anilines is 1. The second-order valence-electron chi connectivity index (χ2n) is 4.46. The topological polar surface area (TPSA) is 81.8 Å². The fourth-order valence-corrected chi connectivity index (χ4v) is 1.99. The minimum atomic E-state index is 0.353. The Morgan fingerprint density at radius 2 is 1.67 bits per heavy atom. The first-order chi connectivity index (χ1) is 10.3. The Kier molecular flexibility index (Phi) is 3.39. The number of benzene rings is 1.